The quantitative estimate of drug-likeness (QED) is 0.420. The number of allylic oxidation sites excluding steroid dienone is 1. The second-order valence-corrected chi connectivity index (χ2v) is 4.73. The number of aliphatic hydroxyl groups is 2. The molecule has 0 fully saturated rings. The van der Waals surface area contributed by atoms with Crippen molar-refractivity contribution in [3.63, 3.8) is 0 Å². The van der Waals surface area contributed by atoms with E-state index in [9.17, 15) is 0 Å². The van der Waals surface area contributed by atoms with Gasteiger partial charge in [0.2, 0.25) is 0 Å². The predicted octanol–water partition coefficient (Wildman–Crippen LogP) is 1.80. The van der Waals surface area contributed by atoms with E-state index in [0.29, 0.717) is 5.75 Å². The lowest BCUT2D eigenvalue weighted by atomic mass is 10.2. The van der Waals surface area contributed by atoms with Crippen LogP contribution in [0.5, 0.6) is 0 Å². The molecule has 1 atom stereocenters. The molecule has 0 aliphatic carbocycles. The molecule has 0 aromatic heterocycles. The van der Waals surface area contributed by atoms with E-state index < -0.39 is 6.10 Å². The Morgan fingerprint density at radius 1 is 1.62 bits per heavy atom. The van der Waals surface area contributed by atoms with Crippen LogP contribution in [0.2, 0.25) is 0 Å². The van der Waals surface area contributed by atoms with Crippen molar-refractivity contribution < 1.29 is 10.2 Å². The highest BCUT2D eigenvalue weighted by Crippen LogP contribution is 2.08. The summed E-state index contributed by atoms with van der Waals surface area (Å²) in [4.78, 5) is 0. The van der Waals surface area contributed by atoms with Crippen molar-refractivity contribution in [3.05, 3.63) is 11.6 Å². The number of hydrogen-bond acceptors (Lipinski definition) is 3. The van der Waals surface area contributed by atoms with Crippen LogP contribution < -0.4 is 0 Å². The number of hydrogen-bond donors (Lipinski definition) is 2. The van der Waals surface area contributed by atoms with E-state index in [1.807, 2.05) is 0 Å². The summed E-state index contributed by atoms with van der Waals surface area (Å²) in [6.45, 7) is 1.96. The molecule has 0 saturated carbocycles. The first kappa shape index (κ1) is 13.5. The van der Waals surface area contributed by atoms with Gasteiger partial charge in [0, 0.05) is 16.8 Å². The Bertz CT molecular complexity index is 151. The van der Waals surface area contributed by atoms with Gasteiger partial charge in [-0.15, -0.1) is 0 Å². The van der Waals surface area contributed by atoms with Gasteiger partial charge in [0.15, 0.2) is 0 Å². The number of thioether (sulfide) groups is 1. The molecule has 2 N–H and O–H groups in total. The van der Waals surface area contributed by atoms with Gasteiger partial charge < -0.3 is 10.2 Å². The molecule has 0 aliphatic heterocycles. The van der Waals surface area contributed by atoms with Crippen LogP contribution in [0.1, 0.15) is 13.3 Å². The molecule has 0 radical (unpaired) electrons. The fourth-order valence-electron chi connectivity index (χ4n) is 0.709. The van der Waals surface area contributed by atoms with Crippen LogP contribution in [-0.4, -0.2) is 39.8 Å². The van der Waals surface area contributed by atoms with Crippen LogP contribution in [0.15, 0.2) is 11.6 Å². The van der Waals surface area contributed by atoms with Crippen molar-refractivity contribution >= 4 is 27.7 Å². The summed E-state index contributed by atoms with van der Waals surface area (Å²) in [6, 6.07) is 0. The molecule has 0 rings (SSSR count). The summed E-state index contributed by atoms with van der Waals surface area (Å²) in [5.74, 6) is 1.52. The van der Waals surface area contributed by atoms with Crippen LogP contribution in [-0.2, 0) is 0 Å². The number of aliphatic hydroxyl groups excluding tert-OH is 2. The lowest BCUT2D eigenvalue weighted by Gasteiger charge is -2.04. The molecule has 0 amide bonds. The zero-order chi connectivity index (χ0) is 10.1. The van der Waals surface area contributed by atoms with E-state index in [2.05, 4.69) is 28.9 Å². The third kappa shape index (κ3) is 8.81. The minimum absolute atomic E-state index is 0.142. The molecule has 0 spiro atoms. The Kier molecular flexibility index (Phi) is 9.40. The minimum Gasteiger partial charge on any atom is -0.394 e. The summed E-state index contributed by atoms with van der Waals surface area (Å²) in [7, 11) is 0. The molecule has 13 heavy (non-hydrogen) atoms. The third-order valence-corrected chi connectivity index (χ3v) is 2.98. The van der Waals surface area contributed by atoms with Gasteiger partial charge in [-0.3, -0.25) is 0 Å². The first-order valence-corrected chi connectivity index (χ1v) is 6.56. The van der Waals surface area contributed by atoms with Crippen molar-refractivity contribution in [3.8, 4) is 0 Å². The molecule has 0 bridgehead atoms. The molecule has 0 aliphatic rings. The summed E-state index contributed by atoms with van der Waals surface area (Å²) in [6.07, 6.45) is 2.66. The van der Waals surface area contributed by atoms with Crippen LogP contribution in [0.4, 0.5) is 0 Å². The molecule has 4 heteroatoms. The lowest BCUT2D eigenvalue weighted by molar-refractivity contribution is 0.113. The van der Waals surface area contributed by atoms with Gasteiger partial charge in [0.1, 0.15) is 0 Å². The first-order valence-electron chi connectivity index (χ1n) is 4.29. The molecular formula is C9H17BrO2S. The van der Waals surface area contributed by atoms with Gasteiger partial charge in [0.25, 0.3) is 0 Å². The number of halogens is 1. The fraction of sp³-hybridized carbons (Fsp3) is 0.778. The highest BCUT2D eigenvalue weighted by Gasteiger charge is 1.99. The average molecular weight is 269 g/mol. The summed E-state index contributed by atoms with van der Waals surface area (Å²) in [5, 5.41) is 18.6. The van der Waals surface area contributed by atoms with Gasteiger partial charge in [-0.2, -0.15) is 11.8 Å². The SMILES string of the molecule is C/C(=C\CSC[C@H](O)CO)CCBr. The minimum atomic E-state index is -0.574. The highest BCUT2D eigenvalue weighted by molar-refractivity contribution is 9.09. The van der Waals surface area contributed by atoms with E-state index in [4.69, 9.17) is 10.2 Å². The normalized spacial score (nSPS) is 14.6. The maximum atomic E-state index is 9.03. The van der Waals surface area contributed by atoms with Crippen molar-refractivity contribution in [2.75, 3.05) is 23.4 Å². The number of rotatable bonds is 7. The molecule has 0 saturated heterocycles. The van der Waals surface area contributed by atoms with E-state index in [1.54, 1.807) is 11.8 Å². The van der Waals surface area contributed by atoms with E-state index in [0.717, 1.165) is 17.5 Å². The molecule has 2 nitrogen and oxygen atoms in total. The molecule has 0 aromatic rings. The van der Waals surface area contributed by atoms with E-state index >= 15 is 0 Å². The van der Waals surface area contributed by atoms with Crippen LogP contribution in [0, 0.1) is 0 Å². The molecule has 78 valence electrons. The van der Waals surface area contributed by atoms with Gasteiger partial charge >= 0.3 is 0 Å². The zero-order valence-corrected chi connectivity index (χ0v) is 10.3. The lowest BCUT2D eigenvalue weighted by Crippen LogP contribution is -2.14. The Morgan fingerprint density at radius 3 is 2.85 bits per heavy atom. The van der Waals surface area contributed by atoms with E-state index in [1.165, 1.54) is 5.57 Å². The van der Waals surface area contributed by atoms with Crippen molar-refractivity contribution in [1.29, 1.82) is 0 Å². The maximum absolute atomic E-state index is 9.03. The second-order valence-electron chi connectivity index (χ2n) is 2.86. The monoisotopic (exact) mass is 268 g/mol. The molecular weight excluding hydrogens is 252 g/mol. The van der Waals surface area contributed by atoms with Crippen LogP contribution in [0.25, 0.3) is 0 Å². The summed E-state index contributed by atoms with van der Waals surface area (Å²) in [5.41, 5.74) is 1.36. The van der Waals surface area contributed by atoms with Crippen LogP contribution >= 0.6 is 27.7 Å². The smallest absolute Gasteiger partial charge is 0.0861 e. The average Bonchev–Trinajstić information content (AvgIpc) is 2.12. The molecule has 0 aromatic carbocycles. The topological polar surface area (TPSA) is 40.5 Å². The summed E-state index contributed by atoms with van der Waals surface area (Å²) < 4.78 is 0. The Morgan fingerprint density at radius 2 is 2.31 bits per heavy atom. The van der Waals surface area contributed by atoms with Gasteiger partial charge in [-0.05, 0) is 13.3 Å². The van der Waals surface area contributed by atoms with Gasteiger partial charge in [-0.25, -0.2) is 0 Å². The van der Waals surface area contributed by atoms with Crippen molar-refractivity contribution in [2.45, 2.75) is 19.4 Å². The number of alkyl halides is 1. The Balaban J connectivity index is 3.38. The van der Waals surface area contributed by atoms with Gasteiger partial charge in [0.05, 0.1) is 12.7 Å². The van der Waals surface area contributed by atoms with E-state index in [-0.39, 0.29) is 6.61 Å². The Hall–Kier alpha value is 0.490. The Labute approximate surface area is 92.5 Å². The predicted molar refractivity (Wildman–Crippen MR) is 62.6 cm³/mol. The fourth-order valence-corrected chi connectivity index (χ4v) is 2.25. The van der Waals surface area contributed by atoms with Crippen molar-refractivity contribution in [2.24, 2.45) is 0 Å². The standard InChI is InChI=1S/C9H17BrO2S/c1-8(2-4-10)3-5-13-7-9(12)6-11/h3,9,11-12H,2,4-7H2,1H3/b8-3+/t9-/m1/s1. The van der Waals surface area contributed by atoms with Crippen molar-refractivity contribution in [1.82, 2.24) is 0 Å². The van der Waals surface area contributed by atoms with Crippen LogP contribution in [0.3, 0.4) is 0 Å². The first-order chi connectivity index (χ1) is 6.20. The maximum Gasteiger partial charge on any atom is 0.0861 e. The molecule has 0 unspecified atom stereocenters. The second kappa shape index (κ2) is 9.06. The largest absolute Gasteiger partial charge is 0.394 e. The van der Waals surface area contributed by atoms with Gasteiger partial charge in [-0.1, -0.05) is 27.6 Å². The highest BCUT2D eigenvalue weighted by atomic mass is 79.9. The third-order valence-electron chi connectivity index (χ3n) is 1.56. The summed E-state index contributed by atoms with van der Waals surface area (Å²) >= 11 is 5.01. The zero-order valence-electron chi connectivity index (χ0n) is 7.87. The molecule has 0 heterocycles.